The van der Waals surface area contributed by atoms with Crippen molar-refractivity contribution in [1.29, 1.82) is 0 Å². The van der Waals surface area contributed by atoms with E-state index in [0.717, 1.165) is 32.4 Å². The predicted octanol–water partition coefficient (Wildman–Crippen LogP) is 1.38. The molecule has 1 amide bonds. The summed E-state index contributed by atoms with van der Waals surface area (Å²) in [6.45, 7) is 1.66. The molecule has 124 valence electrons. The van der Waals surface area contributed by atoms with Crippen LogP contribution in [-0.4, -0.2) is 47.0 Å². The van der Waals surface area contributed by atoms with Crippen molar-refractivity contribution < 1.29 is 24.5 Å². The van der Waals surface area contributed by atoms with Gasteiger partial charge in [-0.25, -0.2) is 0 Å². The first kappa shape index (κ1) is 15.8. The van der Waals surface area contributed by atoms with Crippen LogP contribution in [0.5, 0.6) is 11.5 Å². The summed E-state index contributed by atoms with van der Waals surface area (Å²) in [4.78, 5) is 13.8. The molecule has 6 heteroatoms. The van der Waals surface area contributed by atoms with Crippen molar-refractivity contribution in [2.24, 2.45) is 0 Å². The summed E-state index contributed by atoms with van der Waals surface area (Å²) >= 11 is 0. The highest BCUT2D eigenvalue weighted by Crippen LogP contribution is 2.34. The van der Waals surface area contributed by atoms with Crippen molar-refractivity contribution in [3.05, 3.63) is 35.9 Å². The average Bonchev–Trinajstić information content (AvgIpc) is 3.07. The van der Waals surface area contributed by atoms with E-state index in [1.807, 2.05) is 0 Å². The number of aliphatic hydroxyl groups excluding tert-OH is 2. The molecule has 0 saturated carbocycles. The number of likely N-dealkylation sites (tertiary alicyclic amines) is 1. The van der Waals surface area contributed by atoms with Gasteiger partial charge in [-0.3, -0.25) is 4.79 Å². The van der Waals surface area contributed by atoms with Gasteiger partial charge in [0.05, 0.1) is 0 Å². The third-order valence-corrected chi connectivity index (χ3v) is 4.17. The molecule has 0 spiro atoms. The second-order valence-electron chi connectivity index (χ2n) is 5.79. The van der Waals surface area contributed by atoms with Gasteiger partial charge < -0.3 is 24.6 Å². The SMILES string of the molecule is O=C(/C=C/[C@H](O)[C@H](O)c1ccc2c(c1)OCO2)N1CCCCC1. The minimum atomic E-state index is -1.16. The van der Waals surface area contributed by atoms with E-state index < -0.39 is 12.2 Å². The summed E-state index contributed by atoms with van der Waals surface area (Å²) in [5, 5.41) is 20.3. The van der Waals surface area contributed by atoms with Crippen LogP contribution < -0.4 is 9.47 Å². The first-order valence-electron chi connectivity index (χ1n) is 7.88. The van der Waals surface area contributed by atoms with E-state index in [-0.39, 0.29) is 12.7 Å². The topological polar surface area (TPSA) is 79.2 Å². The summed E-state index contributed by atoms with van der Waals surface area (Å²) in [7, 11) is 0. The van der Waals surface area contributed by atoms with Crippen molar-refractivity contribution in [3.8, 4) is 11.5 Å². The van der Waals surface area contributed by atoms with Crippen LogP contribution in [0, 0.1) is 0 Å². The lowest BCUT2D eigenvalue weighted by Crippen LogP contribution is -2.34. The number of hydrogen-bond donors (Lipinski definition) is 2. The summed E-state index contributed by atoms with van der Waals surface area (Å²) in [5.74, 6) is 1.04. The average molecular weight is 319 g/mol. The number of benzene rings is 1. The van der Waals surface area contributed by atoms with Crippen LogP contribution in [0.15, 0.2) is 30.4 Å². The molecule has 2 heterocycles. The molecule has 1 fully saturated rings. The van der Waals surface area contributed by atoms with E-state index in [0.29, 0.717) is 17.1 Å². The maximum Gasteiger partial charge on any atom is 0.246 e. The molecule has 0 unspecified atom stereocenters. The number of nitrogens with zero attached hydrogens (tertiary/aromatic N) is 1. The Hall–Kier alpha value is -2.05. The molecule has 2 aliphatic rings. The molecule has 3 rings (SSSR count). The highest BCUT2D eigenvalue weighted by molar-refractivity contribution is 5.87. The minimum Gasteiger partial charge on any atom is -0.454 e. The van der Waals surface area contributed by atoms with Crippen molar-refractivity contribution >= 4 is 5.91 Å². The minimum absolute atomic E-state index is 0.123. The molecule has 0 bridgehead atoms. The highest BCUT2D eigenvalue weighted by Gasteiger charge is 2.21. The van der Waals surface area contributed by atoms with Crippen LogP contribution in [0.2, 0.25) is 0 Å². The van der Waals surface area contributed by atoms with Gasteiger partial charge >= 0.3 is 0 Å². The summed E-state index contributed by atoms with van der Waals surface area (Å²) < 4.78 is 10.5. The number of piperidine rings is 1. The van der Waals surface area contributed by atoms with Gasteiger partial charge in [-0.2, -0.15) is 0 Å². The number of carbonyl (C=O) groups is 1. The van der Waals surface area contributed by atoms with Crippen LogP contribution in [-0.2, 0) is 4.79 Å². The smallest absolute Gasteiger partial charge is 0.246 e. The fourth-order valence-electron chi connectivity index (χ4n) is 2.80. The Morgan fingerprint density at radius 3 is 2.65 bits per heavy atom. The van der Waals surface area contributed by atoms with Gasteiger partial charge in [0.2, 0.25) is 12.7 Å². The van der Waals surface area contributed by atoms with Gasteiger partial charge in [-0.1, -0.05) is 6.07 Å². The maximum atomic E-state index is 12.0. The Balaban J connectivity index is 1.61. The van der Waals surface area contributed by atoms with Crippen LogP contribution in [0.3, 0.4) is 0 Å². The number of rotatable bonds is 4. The molecule has 1 saturated heterocycles. The Bertz CT molecular complexity index is 595. The van der Waals surface area contributed by atoms with Gasteiger partial charge in [-0.15, -0.1) is 0 Å². The molecule has 2 atom stereocenters. The third-order valence-electron chi connectivity index (χ3n) is 4.17. The number of fused-ring (bicyclic) bond motifs is 1. The number of hydrogen-bond acceptors (Lipinski definition) is 5. The molecular formula is C17H21NO5. The van der Waals surface area contributed by atoms with E-state index in [2.05, 4.69) is 0 Å². The van der Waals surface area contributed by atoms with Crippen LogP contribution in [0.25, 0.3) is 0 Å². The van der Waals surface area contributed by atoms with Gasteiger partial charge in [-0.05, 0) is 43.0 Å². The largest absolute Gasteiger partial charge is 0.454 e. The summed E-state index contributed by atoms with van der Waals surface area (Å²) in [5.41, 5.74) is 0.511. The van der Waals surface area contributed by atoms with E-state index in [1.54, 1.807) is 23.1 Å². The fraction of sp³-hybridized carbons (Fsp3) is 0.471. The third kappa shape index (κ3) is 3.65. The van der Waals surface area contributed by atoms with E-state index in [4.69, 9.17) is 9.47 Å². The Labute approximate surface area is 134 Å². The number of aliphatic hydroxyl groups is 2. The van der Waals surface area contributed by atoms with E-state index >= 15 is 0 Å². The molecule has 0 aromatic heterocycles. The van der Waals surface area contributed by atoms with Crippen LogP contribution >= 0.6 is 0 Å². The number of amides is 1. The van der Waals surface area contributed by atoms with Crippen molar-refractivity contribution in [3.63, 3.8) is 0 Å². The van der Waals surface area contributed by atoms with Gasteiger partial charge in [0.25, 0.3) is 0 Å². The second kappa shape index (κ2) is 7.02. The second-order valence-corrected chi connectivity index (χ2v) is 5.79. The molecule has 0 radical (unpaired) electrons. The molecule has 2 N–H and O–H groups in total. The van der Waals surface area contributed by atoms with Gasteiger partial charge in [0.15, 0.2) is 11.5 Å². The summed E-state index contributed by atoms with van der Waals surface area (Å²) in [6, 6.07) is 4.99. The highest BCUT2D eigenvalue weighted by atomic mass is 16.7. The molecule has 23 heavy (non-hydrogen) atoms. The van der Waals surface area contributed by atoms with Gasteiger partial charge in [0.1, 0.15) is 12.2 Å². The zero-order chi connectivity index (χ0) is 16.2. The fourth-order valence-corrected chi connectivity index (χ4v) is 2.80. The molecule has 2 aliphatic heterocycles. The van der Waals surface area contributed by atoms with Crippen LogP contribution in [0.4, 0.5) is 0 Å². The predicted molar refractivity (Wildman–Crippen MR) is 83.1 cm³/mol. The zero-order valence-electron chi connectivity index (χ0n) is 12.9. The van der Waals surface area contributed by atoms with Crippen molar-refractivity contribution in [2.45, 2.75) is 31.5 Å². The van der Waals surface area contributed by atoms with Gasteiger partial charge in [0, 0.05) is 19.2 Å². The normalized spacial score (nSPS) is 19.8. The summed E-state index contributed by atoms with van der Waals surface area (Å²) in [6.07, 6.45) is 3.57. The molecule has 1 aromatic carbocycles. The monoisotopic (exact) mass is 319 g/mol. The van der Waals surface area contributed by atoms with E-state index in [9.17, 15) is 15.0 Å². The maximum absolute atomic E-state index is 12.0. The van der Waals surface area contributed by atoms with Crippen molar-refractivity contribution in [2.75, 3.05) is 19.9 Å². The number of carbonyl (C=O) groups excluding carboxylic acids is 1. The van der Waals surface area contributed by atoms with Crippen LogP contribution in [0.1, 0.15) is 30.9 Å². The number of ether oxygens (including phenoxy) is 2. The lowest BCUT2D eigenvalue weighted by molar-refractivity contribution is -0.126. The quantitative estimate of drug-likeness (QED) is 0.820. The van der Waals surface area contributed by atoms with Crippen molar-refractivity contribution in [1.82, 2.24) is 4.90 Å². The molecular weight excluding hydrogens is 298 g/mol. The standard InChI is InChI=1S/C17H21NO5/c19-13(5-7-16(20)18-8-2-1-3-9-18)17(21)12-4-6-14-15(10-12)23-11-22-14/h4-7,10,13,17,19,21H,1-3,8-9,11H2/b7-5+/t13-,17+/m0/s1. The Kier molecular flexibility index (Phi) is 4.83. The molecule has 1 aromatic rings. The first-order chi connectivity index (χ1) is 11.1. The Morgan fingerprint density at radius 2 is 1.87 bits per heavy atom. The Morgan fingerprint density at radius 1 is 1.13 bits per heavy atom. The lowest BCUT2D eigenvalue weighted by atomic mass is 10.0. The molecule has 0 aliphatic carbocycles. The van der Waals surface area contributed by atoms with E-state index in [1.165, 1.54) is 12.2 Å². The molecule has 6 nitrogen and oxygen atoms in total. The zero-order valence-corrected chi connectivity index (χ0v) is 12.9. The lowest BCUT2D eigenvalue weighted by Gasteiger charge is -2.25. The first-order valence-corrected chi connectivity index (χ1v) is 7.88.